The Morgan fingerprint density at radius 1 is 0.932 bits per heavy atom. The number of piperazine rings is 1. The summed E-state index contributed by atoms with van der Waals surface area (Å²) in [6.45, 7) is 10.1. The molecule has 6 heterocycles. The molecule has 1 amide bonds. The summed E-state index contributed by atoms with van der Waals surface area (Å²) >= 11 is 0. The fourth-order valence-electron chi connectivity index (χ4n) is 8.12. The number of fused-ring (bicyclic) bond motifs is 5. The zero-order valence-corrected chi connectivity index (χ0v) is 33.3. The van der Waals surface area contributed by atoms with Crippen LogP contribution in [-0.2, 0) is 22.6 Å². The summed E-state index contributed by atoms with van der Waals surface area (Å²) in [7, 11) is 1.76. The van der Waals surface area contributed by atoms with E-state index in [9.17, 15) is 19.8 Å². The summed E-state index contributed by atoms with van der Waals surface area (Å²) < 4.78 is 15.1. The van der Waals surface area contributed by atoms with Crippen molar-refractivity contribution >= 4 is 39.2 Å². The van der Waals surface area contributed by atoms with Crippen molar-refractivity contribution in [3.63, 3.8) is 0 Å². The average Bonchev–Trinajstić information content (AvgIpc) is 3.78. The van der Waals surface area contributed by atoms with Crippen LogP contribution in [0.5, 0.6) is 11.5 Å². The molecular formula is C45H46N8O6. The first-order valence-corrected chi connectivity index (χ1v) is 20.0. The summed E-state index contributed by atoms with van der Waals surface area (Å²) in [5.74, 6) is 0.502. The lowest BCUT2D eigenvalue weighted by molar-refractivity contribution is 0.119. The van der Waals surface area contributed by atoms with Crippen molar-refractivity contribution in [2.24, 2.45) is 0 Å². The van der Waals surface area contributed by atoms with Gasteiger partial charge in [-0.2, -0.15) is 5.10 Å². The van der Waals surface area contributed by atoms with Crippen molar-refractivity contribution in [1.29, 1.82) is 0 Å². The number of amides is 1. The van der Waals surface area contributed by atoms with Gasteiger partial charge in [-0.1, -0.05) is 44.2 Å². The van der Waals surface area contributed by atoms with Crippen LogP contribution in [0.3, 0.4) is 0 Å². The van der Waals surface area contributed by atoms with E-state index >= 15 is 0 Å². The molecule has 302 valence electrons. The van der Waals surface area contributed by atoms with E-state index in [1.54, 1.807) is 18.0 Å². The summed E-state index contributed by atoms with van der Waals surface area (Å²) in [5.41, 5.74) is 6.84. The lowest BCUT2D eigenvalue weighted by Crippen LogP contribution is -2.46. The number of aromatic nitrogens is 5. The number of hydrogen-bond acceptors (Lipinski definition) is 10. The number of ether oxygens (including phenoxy) is 2. The largest absolute Gasteiger partial charge is 0.508 e. The SMILES string of the molecule is CC(C)c1cc(-c2n[nH]c(=O)n2-c2ccc(CN3CCN(CCCN(C)C(=O)OC4=COCc5cn6cc7cc8ccccc8nc7c6cc54)CC3)cc2)c(O)cc1O. The number of carbonyl (C=O) groups is 1. The van der Waals surface area contributed by atoms with Gasteiger partial charge < -0.3 is 33.9 Å². The number of benzene rings is 3. The van der Waals surface area contributed by atoms with Gasteiger partial charge in [0.25, 0.3) is 0 Å². The third-order valence-electron chi connectivity index (χ3n) is 11.4. The second-order valence-electron chi connectivity index (χ2n) is 15.7. The normalized spacial score (nSPS) is 14.8. The number of hydrogen-bond donors (Lipinski definition) is 3. The van der Waals surface area contributed by atoms with Gasteiger partial charge in [0.1, 0.15) is 24.4 Å². The number of H-pyrrole nitrogens is 1. The van der Waals surface area contributed by atoms with Crippen molar-refractivity contribution in [3.8, 4) is 28.6 Å². The smallest absolute Gasteiger partial charge is 0.415 e. The number of aromatic amines is 1. The highest BCUT2D eigenvalue weighted by Gasteiger charge is 2.24. The van der Waals surface area contributed by atoms with Crippen LogP contribution in [0.25, 0.3) is 50.2 Å². The number of nitrogens with one attached hydrogen (secondary N) is 1. The highest BCUT2D eigenvalue weighted by atomic mass is 16.6. The van der Waals surface area contributed by atoms with Gasteiger partial charge in [0.15, 0.2) is 11.6 Å². The Morgan fingerprint density at radius 2 is 1.71 bits per heavy atom. The van der Waals surface area contributed by atoms with E-state index in [0.29, 0.717) is 35.7 Å². The molecule has 7 aromatic rings. The highest BCUT2D eigenvalue weighted by Crippen LogP contribution is 2.37. The molecule has 1 fully saturated rings. The first-order valence-electron chi connectivity index (χ1n) is 20.0. The van der Waals surface area contributed by atoms with E-state index in [0.717, 1.165) is 89.7 Å². The molecule has 3 N–H and O–H groups in total. The Hall–Kier alpha value is -6.64. The minimum atomic E-state index is -0.430. The first-order chi connectivity index (χ1) is 28.6. The van der Waals surface area contributed by atoms with Gasteiger partial charge in [0.2, 0.25) is 0 Å². The second-order valence-corrected chi connectivity index (χ2v) is 15.7. The van der Waals surface area contributed by atoms with Gasteiger partial charge in [-0.3, -0.25) is 4.90 Å². The van der Waals surface area contributed by atoms with Crippen molar-refractivity contribution in [3.05, 3.63) is 124 Å². The standard InChI is InChI=1S/C45H46N8O6/c1-28(2)34-20-36(40(55)22-39(34)54)43-47-48-44(56)53(43)33-11-9-29(10-12-33)23-51-17-15-50(16-18-51)14-6-13-49(3)45(57)59-41-27-58-26-32-25-52-24-31-19-30-7-4-5-8-37(30)46-42(31)38(52)21-35(32)41/h4-5,7-12,19-22,24-25,27-28,54-55H,6,13-18,23,26H2,1-3H3,(H,48,56). The maximum Gasteiger partial charge on any atom is 0.415 e. The van der Waals surface area contributed by atoms with Crippen LogP contribution in [0.15, 0.2) is 96.2 Å². The molecule has 2 aliphatic heterocycles. The Balaban J connectivity index is 0.764. The predicted molar refractivity (Wildman–Crippen MR) is 225 cm³/mol. The third kappa shape index (κ3) is 7.48. The topological polar surface area (TPSA) is 154 Å². The predicted octanol–water partition coefficient (Wildman–Crippen LogP) is 6.82. The Labute approximate surface area is 340 Å². The molecule has 1 saturated heterocycles. The number of rotatable bonds is 10. The van der Waals surface area contributed by atoms with Gasteiger partial charge in [-0.05, 0) is 66.4 Å². The molecule has 0 saturated carbocycles. The molecule has 9 rings (SSSR count). The van der Waals surface area contributed by atoms with Crippen molar-refractivity contribution < 1.29 is 24.5 Å². The Morgan fingerprint density at radius 3 is 2.51 bits per heavy atom. The van der Waals surface area contributed by atoms with Gasteiger partial charge in [-0.25, -0.2) is 24.2 Å². The van der Waals surface area contributed by atoms with Crippen LogP contribution in [0.4, 0.5) is 4.79 Å². The van der Waals surface area contributed by atoms with E-state index < -0.39 is 11.8 Å². The molecule has 14 nitrogen and oxygen atoms in total. The zero-order valence-electron chi connectivity index (χ0n) is 33.3. The van der Waals surface area contributed by atoms with E-state index in [2.05, 4.69) is 42.7 Å². The number of para-hydroxylation sites is 1. The number of pyridine rings is 2. The lowest BCUT2D eigenvalue weighted by atomic mass is 9.98. The number of phenols is 2. The number of phenolic OH excluding ortho intramolecular Hbond substituents is 2. The molecule has 0 unspecified atom stereocenters. The summed E-state index contributed by atoms with van der Waals surface area (Å²) in [6, 6.07) is 23.0. The lowest BCUT2D eigenvalue weighted by Gasteiger charge is -2.35. The van der Waals surface area contributed by atoms with Crippen molar-refractivity contribution in [1.82, 2.24) is 38.8 Å². The summed E-state index contributed by atoms with van der Waals surface area (Å²) in [5, 5.41) is 29.8. The van der Waals surface area contributed by atoms with Crippen LogP contribution >= 0.6 is 0 Å². The zero-order chi connectivity index (χ0) is 40.8. The number of nitrogens with zero attached hydrogens (tertiary/aromatic N) is 7. The van der Waals surface area contributed by atoms with Crippen LogP contribution in [0, 0.1) is 0 Å². The van der Waals surface area contributed by atoms with E-state index in [1.807, 2.05) is 68.6 Å². The second kappa shape index (κ2) is 15.6. The molecule has 0 aliphatic carbocycles. The Kier molecular flexibility index (Phi) is 10.0. The maximum absolute atomic E-state index is 13.3. The first kappa shape index (κ1) is 37.9. The number of carbonyl (C=O) groups excluding carboxylic acids is 1. The fourth-order valence-corrected chi connectivity index (χ4v) is 8.12. The van der Waals surface area contributed by atoms with E-state index in [1.165, 1.54) is 16.9 Å². The quantitative estimate of drug-likeness (QED) is 0.134. The average molecular weight is 795 g/mol. The molecule has 3 aromatic carbocycles. The van der Waals surface area contributed by atoms with Crippen LogP contribution < -0.4 is 5.69 Å². The molecule has 14 heteroatoms. The van der Waals surface area contributed by atoms with Crippen LogP contribution in [0.1, 0.15) is 48.4 Å². The van der Waals surface area contributed by atoms with Crippen molar-refractivity contribution in [2.75, 3.05) is 46.3 Å². The molecule has 0 bridgehead atoms. The molecule has 0 spiro atoms. The molecule has 4 aromatic heterocycles. The molecular weight excluding hydrogens is 749 g/mol. The van der Waals surface area contributed by atoms with Crippen LogP contribution in [-0.4, -0.2) is 101 Å². The Bertz CT molecular complexity index is 2800. The van der Waals surface area contributed by atoms with Gasteiger partial charge in [0.05, 0.1) is 27.8 Å². The third-order valence-corrected chi connectivity index (χ3v) is 11.4. The minimum Gasteiger partial charge on any atom is -0.508 e. The molecule has 0 atom stereocenters. The van der Waals surface area contributed by atoms with E-state index in [-0.39, 0.29) is 23.2 Å². The van der Waals surface area contributed by atoms with Gasteiger partial charge in [-0.15, -0.1) is 0 Å². The molecule has 2 aliphatic rings. The highest BCUT2D eigenvalue weighted by molar-refractivity contribution is 6.01. The number of aromatic hydroxyl groups is 2. The fraction of sp³-hybridized carbons (Fsp3) is 0.289. The van der Waals surface area contributed by atoms with Gasteiger partial charge in [0, 0.05) is 86.7 Å². The summed E-state index contributed by atoms with van der Waals surface area (Å²) in [4.78, 5) is 37.5. The van der Waals surface area contributed by atoms with Gasteiger partial charge >= 0.3 is 11.8 Å². The minimum absolute atomic E-state index is 0.00214. The maximum atomic E-state index is 13.3. The monoisotopic (exact) mass is 794 g/mol. The summed E-state index contributed by atoms with van der Waals surface area (Å²) in [6.07, 6.45) is 6.00. The van der Waals surface area contributed by atoms with Crippen molar-refractivity contribution in [2.45, 2.75) is 39.3 Å². The van der Waals surface area contributed by atoms with E-state index in [4.69, 9.17) is 14.5 Å². The van der Waals surface area contributed by atoms with Crippen LogP contribution in [0.2, 0.25) is 0 Å². The molecule has 0 radical (unpaired) electrons. The molecule has 59 heavy (non-hydrogen) atoms.